The van der Waals surface area contributed by atoms with Crippen molar-refractivity contribution in [1.29, 1.82) is 0 Å². The highest BCUT2D eigenvalue weighted by molar-refractivity contribution is 5.61. The van der Waals surface area contributed by atoms with Gasteiger partial charge in [-0.3, -0.25) is 4.98 Å². The normalized spacial score (nSPS) is 10.3. The molecule has 0 unspecified atom stereocenters. The molecule has 0 aliphatic carbocycles. The van der Waals surface area contributed by atoms with Gasteiger partial charge in [0.15, 0.2) is 0 Å². The average Bonchev–Trinajstić information content (AvgIpc) is 2.57. The van der Waals surface area contributed by atoms with Crippen LogP contribution in [0.5, 0.6) is 0 Å². The van der Waals surface area contributed by atoms with E-state index in [9.17, 15) is 0 Å². The number of anilines is 2. The van der Waals surface area contributed by atoms with Crippen LogP contribution in [-0.4, -0.2) is 15.0 Å². The molecule has 4 nitrogen and oxygen atoms in total. The minimum atomic E-state index is 0.584. The summed E-state index contributed by atoms with van der Waals surface area (Å²) in [6, 6.07) is 14.0. The largest absolute Gasteiger partial charge is 0.324 e. The number of pyridine rings is 1. The van der Waals surface area contributed by atoms with Gasteiger partial charge in [-0.05, 0) is 42.3 Å². The summed E-state index contributed by atoms with van der Waals surface area (Å²) < 4.78 is 0. The minimum Gasteiger partial charge on any atom is -0.324 e. The van der Waals surface area contributed by atoms with Crippen LogP contribution in [0.3, 0.4) is 0 Å². The monoisotopic (exact) mass is 276 g/mol. The van der Waals surface area contributed by atoms with Crippen molar-refractivity contribution < 1.29 is 0 Å². The molecule has 2 heterocycles. The third-order valence-corrected chi connectivity index (χ3v) is 3.23. The molecule has 0 radical (unpaired) electrons. The van der Waals surface area contributed by atoms with Gasteiger partial charge in [0.1, 0.15) is 0 Å². The number of rotatable bonds is 4. The van der Waals surface area contributed by atoms with Gasteiger partial charge in [-0.1, -0.05) is 19.1 Å². The van der Waals surface area contributed by atoms with Crippen molar-refractivity contribution in [3.63, 3.8) is 0 Å². The van der Waals surface area contributed by atoms with E-state index >= 15 is 0 Å². The second-order valence-corrected chi connectivity index (χ2v) is 4.68. The molecule has 104 valence electrons. The Bertz CT molecular complexity index is 708. The first-order valence-electron chi connectivity index (χ1n) is 6.94. The van der Waals surface area contributed by atoms with Crippen LogP contribution >= 0.6 is 0 Å². The number of nitrogens with one attached hydrogen (secondary N) is 1. The third kappa shape index (κ3) is 3.23. The van der Waals surface area contributed by atoms with E-state index in [-0.39, 0.29) is 0 Å². The molecule has 0 spiro atoms. The van der Waals surface area contributed by atoms with E-state index in [2.05, 4.69) is 39.3 Å². The highest BCUT2D eigenvalue weighted by Gasteiger charge is 2.02. The SMILES string of the molecule is CCc1ccc(Nc2nccc(-c3cccnc3)n2)cc1. The van der Waals surface area contributed by atoms with E-state index in [1.165, 1.54) is 5.56 Å². The molecule has 1 aromatic carbocycles. The summed E-state index contributed by atoms with van der Waals surface area (Å²) in [5.74, 6) is 0.584. The van der Waals surface area contributed by atoms with Crippen LogP contribution in [0.25, 0.3) is 11.3 Å². The first kappa shape index (κ1) is 13.2. The summed E-state index contributed by atoms with van der Waals surface area (Å²) in [5.41, 5.74) is 4.12. The van der Waals surface area contributed by atoms with E-state index in [4.69, 9.17) is 0 Å². The molecular formula is C17H16N4. The zero-order chi connectivity index (χ0) is 14.5. The van der Waals surface area contributed by atoms with Crippen LogP contribution in [0.2, 0.25) is 0 Å². The Labute approximate surface area is 123 Å². The van der Waals surface area contributed by atoms with Gasteiger partial charge in [0.2, 0.25) is 5.95 Å². The maximum absolute atomic E-state index is 4.52. The van der Waals surface area contributed by atoms with Gasteiger partial charge in [0.25, 0.3) is 0 Å². The van der Waals surface area contributed by atoms with Crippen LogP contribution in [0.15, 0.2) is 61.1 Å². The highest BCUT2D eigenvalue weighted by atomic mass is 15.1. The van der Waals surface area contributed by atoms with Crippen molar-refractivity contribution in [2.75, 3.05) is 5.32 Å². The lowest BCUT2D eigenvalue weighted by Crippen LogP contribution is -1.98. The molecule has 4 heteroatoms. The maximum atomic E-state index is 4.52. The average molecular weight is 276 g/mol. The van der Waals surface area contributed by atoms with E-state index in [0.717, 1.165) is 23.4 Å². The van der Waals surface area contributed by atoms with E-state index in [1.54, 1.807) is 18.6 Å². The van der Waals surface area contributed by atoms with Gasteiger partial charge < -0.3 is 5.32 Å². The Morgan fingerprint density at radius 3 is 2.57 bits per heavy atom. The first-order chi connectivity index (χ1) is 10.3. The number of nitrogens with zero attached hydrogens (tertiary/aromatic N) is 3. The molecule has 0 fully saturated rings. The molecule has 0 saturated heterocycles. The van der Waals surface area contributed by atoms with E-state index in [0.29, 0.717) is 5.95 Å². The molecule has 3 aromatic rings. The fraction of sp³-hybridized carbons (Fsp3) is 0.118. The van der Waals surface area contributed by atoms with Crippen molar-refractivity contribution >= 4 is 11.6 Å². The Hall–Kier alpha value is -2.75. The lowest BCUT2D eigenvalue weighted by molar-refractivity contribution is 1.14. The summed E-state index contributed by atoms with van der Waals surface area (Å²) in [4.78, 5) is 12.9. The summed E-state index contributed by atoms with van der Waals surface area (Å²) in [5, 5.41) is 3.22. The number of benzene rings is 1. The number of aromatic nitrogens is 3. The third-order valence-electron chi connectivity index (χ3n) is 3.23. The van der Waals surface area contributed by atoms with Crippen molar-refractivity contribution in [3.8, 4) is 11.3 Å². The molecule has 1 N–H and O–H groups in total. The van der Waals surface area contributed by atoms with Gasteiger partial charge in [0.05, 0.1) is 5.69 Å². The van der Waals surface area contributed by atoms with Gasteiger partial charge in [0, 0.05) is 29.8 Å². The molecule has 3 rings (SSSR count). The fourth-order valence-electron chi connectivity index (χ4n) is 2.05. The van der Waals surface area contributed by atoms with Gasteiger partial charge in [-0.25, -0.2) is 9.97 Å². The molecule has 0 saturated carbocycles. The minimum absolute atomic E-state index is 0.584. The van der Waals surface area contributed by atoms with Gasteiger partial charge in [-0.2, -0.15) is 0 Å². The zero-order valence-corrected chi connectivity index (χ0v) is 11.8. The lowest BCUT2D eigenvalue weighted by Gasteiger charge is -2.07. The Morgan fingerprint density at radius 1 is 1.00 bits per heavy atom. The Kier molecular flexibility index (Phi) is 3.87. The molecule has 0 bridgehead atoms. The molecule has 2 aromatic heterocycles. The molecule has 21 heavy (non-hydrogen) atoms. The quantitative estimate of drug-likeness (QED) is 0.786. The van der Waals surface area contributed by atoms with Crippen molar-refractivity contribution in [2.45, 2.75) is 13.3 Å². The summed E-state index contributed by atoms with van der Waals surface area (Å²) in [7, 11) is 0. The number of hydrogen-bond acceptors (Lipinski definition) is 4. The molecule has 0 amide bonds. The van der Waals surface area contributed by atoms with Crippen molar-refractivity contribution in [2.24, 2.45) is 0 Å². The smallest absolute Gasteiger partial charge is 0.227 e. The molecule has 0 atom stereocenters. The molecule has 0 aliphatic heterocycles. The topological polar surface area (TPSA) is 50.7 Å². The standard InChI is InChI=1S/C17H16N4/c1-2-13-5-7-15(8-6-13)20-17-19-11-9-16(21-17)14-4-3-10-18-12-14/h3-12H,2H2,1H3,(H,19,20,21). The summed E-state index contributed by atoms with van der Waals surface area (Å²) in [6.45, 7) is 2.14. The van der Waals surface area contributed by atoms with Crippen LogP contribution < -0.4 is 5.32 Å². The first-order valence-corrected chi connectivity index (χ1v) is 6.94. The highest BCUT2D eigenvalue weighted by Crippen LogP contribution is 2.18. The summed E-state index contributed by atoms with van der Waals surface area (Å²) >= 11 is 0. The Morgan fingerprint density at radius 2 is 1.86 bits per heavy atom. The van der Waals surface area contributed by atoms with Crippen molar-refractivity contribution in [1.82, 2.24) is 15.0 Å². The second-order valence-electron chi connectivity index (χ2n) is 4.68. The predicted molar refractivity (Wildman–Crippen MR) is 84.4 cm³/mol. The van der Waals surface area contributed by atoms with Gasteiger partial charge in [-0.15, -0.1) is 0 Å². The lowest BCUT2D eigenvalue weighted by atomic mass is 10.1. The zero-order valence-electron chi connectivity index (χ0n) is 11.8. The Balaban J connectivity index is 1.83. The van der Waals surface area contributed by atoms with Crippen LogP contribution in [0, 0.1) is 0 Å². The fourth-order valence-corrected chi connectivity index (χ4v) is 2.05. The van der Waals surface area contributed by atoms with E-state index < -0.39 is 0 Å². The number of aryl methyl sites for hydroxylation is 1. The van der Waals surface area contributed by atoms with Crippen LogP contribution in [-0.2, 0) is 6.42 Å². The van der Waals surface area contributed by atoms with Crippen LogP contribution in [0.1, 0.15) is 12.5 Å². The predicted octanol–water partition coefficient (Wildman–Crippen LogP) is 3.84. The number of hydrogen-bond donors (Lipinski definition) is 1. The molecule has 0 aliphatic rings. The maximum Gasteiger partial charge on any atom is 0.227 e. The van der Waals surface area contributed by atoms with Gasteiger partial charge >= 0.3 is 0 Å². The second kappa shape index (κ2) is 6.13. The van der Waals surface area contributed by atoms with Crippen molar-refractivity contribution in [3.05, 3.63) is 66.6 Å². The molecular weight excluding hydrogens is 260 g/mol. The van der Waals surface area contributed by atoms with Crippen LogP contribution in [0.4, 0.5) is 11.6 Å². The summed E-state index contributed by atoms with van der Waals surface area (Å²) in [6.07, 6.45) is 6.33. The van der Waals surface area contributed by atoms with E-state index in [1.807, 2.05) is 30.3 Å².